The van der Waals surface area contributed by atoms with Gasteiger partial charge in [-0.05, 0) is 44.4 Å². The van der Waals surface area contributed by atoms with Crippen LogP contribution in [0, 0.1) is 11.8 Å². The largest absolute Gasteiger partial charge is 0.342 e. The first-order valence-electron chi connectivity index (χ1n) is 7.06. The van der Waals surface area contributed by atoms with Crippen molar-refractivity contribution in [2.45, 2.75) is 58.3 Å². The van der Waals surface area contributed by atoms with Gasteiger partial charge in [0.05, 0.1) is 0 Å². The summed E-state index contributed by atoms with van der Waals surface area (Å²) in [5, 5.41) is 0. The summed E-state index contributed by atoms with van der Waals surface area (Å²) in [5.41, 5.74) is 0. The molecule has 2 nitrogen and oxygen atoms in total. The molecule has 0 aromatic carbocycles. The van der Waals surface area contributed by atoms with E-state index in [0.29, 0.717) is 11.8 Å². The Hall–Kier alpha value is -0.530. The minimum Gasteiger partial charge on any atom is -0.342 e. The molecule has 1 saturated carbocycles. The predicted molar refractivity (Wildman–Crippen MR) is 66.2 cm³/mol. The Bertz CT molecular complexity index is 223. The molecule has 2 fully saturated rings. The second-order valence-electron chi connectivity index (χ2n) is 5.70. The van der Waals surface area contributed by atoms with Gasteiger partial charge in [-0.3, -0.25) is 4.79 Å². The first-order valence-corrected chi connectivity index (χ1v) is 7.06. The van der Waals surface area contributed by atoms with Crippen molar-refractivity contribution in [3.8, 4) is 0 Å². The van der Waals surface area contributed by atoms with Crippen LogP contribution in [0.25, 0.3) is 0 Å². The Morgan fingerprint density at radius 3 is 2.06 bits per heavy atom. The Kier molecular flexibility index (Phi) is 4.25. The zero-order valence-electron chi connectivity index (χ0n) is 10.6. The zero-order chi connectivity index (χ0) is 11.4. The fourth-order valence-corrected chi connectivity index (χ4v) is 3.06. The third-order valence-electron chi connectivity index (χ3n) is 4.28. The van der Waals surface area contributed by atoms with Crippen molar-refractivity contribution < 1.29 is 4.79 Å². The van der Waals surface area contributed by atoms with Crippen LogP contribution in [0.15, 0.2) is 0 Å². The van der Waals surface area contributed by atoms with Crippen LogP contribution < -0.4 is 0 Å². The van der Waals surface area contributed by atoms with Crippen molar-refractivity contribution in [3.63, 3.8) is 0 Å². The summed E-state index contributed by atoms with van der Waals surface area (Å²) in [5.74, 6) is 1.66. The monoisotopic (exact) mass is 223 g/mol. The Balaban J connectivity index is 1.85. The van der Waals surface area contributed by atoms with E-state index < -0.39 is 0 Å². The maximum atomic E-state index is 12.3. The molecule has 0 atom stereocenters. The molecule has 2 aliphatic rings. The molecule has 1 aliphatic carbocycles. The summed E-state index contributed by atoms with van der Waals surface area (Å²) in [6, 6.07) is 0. The second kappa shape index (κ2) is 5.70. The van der Waals surface area contributed by atoms with Crippen LogP contribution >= 0.6 is 0 Å². The van der Waals surface area contributed by atoms with E-state index >= 15 is 0 Å². The lowest BCUT2D eigenvalue weighted by molar-refractivity contribution is -0.136. The molecule has 0 N–H and O–H groups in total. The highest BCUT2D eigenvalue weighted by Gasteiger charge is 2.28. The summed E-state index contributed by atoms with van der Waals surface area (Å²) in [6.45, 7) is 4.35. The SMILES string of the molecule is CC1CCC(C(=O)N2CCCCCC2)CC1. The minimum atomic E-state index is 0.356. The fraction of sp³-hybridized carbons (Fsp3) is 0.929. The van der Waals surface area contributed by atoms with Crippen LogP contribution in [-0.2, 0) is 4.79 Å². The van der Waals surface area contributed by atoms with Crippen molar-refractivity contribution in [2.75, 3.05) is 13.1 Å². The molecule has 0 radical (unpaired) electrons. The van der Waals surface area contributed by atoms with E-state index in [0.717, 1.165) is 31.8 Å². The third-order valence-corrected chi connectivity index (χ3v) is 4.28. The van der Waals surface area contributed by atoms with Crippen LogP contribution in [0.2, 0.25) is 0 Å². The summed E-state index contributed by atoms with van der Waals surface area (Å²) in [7, 11) is 0. The van der Waals surface area contributed by atoms with Crippen LogP contribution in [0.5, 0.6) is 0 Å². The zero-order valence-corrected chi connectivity index (χ0v) is 10.6. The quantitative estimate of drug-likeness (QED) is 0.668. The van der Waals surface area contributed by atoms with Gasteiger partial charge in [-0.1, -0.05) is 19.8 Å². The maximum absolute atomic E-state index is 12.3. The van der Waals surface area contributed by atoms with Gasteiger partial charge in [-0.25, -0.2) is 0 Å². The maximum Gasteiger partial charge on any atom is 0.225 e. The molecule has 0 bridgehead atoms. The van der Waals surface area contributed by atoms with Gasteiger partial charge in [0.15, 0.2) is 0 Å². The van der Waals surface area contributed by atoms with Gasteiger partial charge in [0.25, 0.3) is 0 Å². The predicted octanol–water partition coefficient (Wildman–Crippen LogP) is 3.22. The number of likely N-dealkylation sites (tertiary alicyclic amines) is 1. The van der Waals surface area contributed by atoms with Gasteiger partial charge < -0.3 is 4.90 Å². The van der Waals surface area contributed by atoms with Crippen LogP contribution in [0.4, 0.5) is 0 Å². The van der Waals surface area contributed by atoms with Crippen molar-refractivity contribution in [2.24, 2.45) is 11.8 Å². The number of amides is 1. The molecule has 16 heavy (non-hydrogen) atoms. The van der Waals surface area contributed by atoms with Crippen LogP contribution in [0.3, 0.4) is 0 Å². The fourth-order valence-electron chi connectivity index (χ4n) is 3.06. The molecule has 0 unspecified atom stereocenters. The second-order valence-corrected chi connectivity index (χ2v) is 5.70. The molecular weight excluding hydrogens is 198 g/mol. The van der Waals surface area contributed by atoms with E-state index in [4.69, 9.17) is 0 Å². The Morgan fingerprint density at radius 2 is 1.50 bits per heavy atom. The molecule has 0 spiro atoms. The van der Waals surface area contributed by atoms with E-state index in [9.17, 15) is 4.79 Å². The molecule has 1 amide bonds. The summed E-state index contributed by atoms with van der Waals surface area (Å²) < 4.78 is 0. The summed E-state index contributed by atoms with van der Waals surface area (Å²) >= 11 is 0. The lowest BCUT2D eigenvalue weighted by Gasteiger charge is -2.30. The molecule has 0 aromatic heterocycles. The molecule has 2 heteroatoms. The number of hydrogen-bond acceptors (Lipinski definition) is 1. The topological polar surface area (TPSA) is 20.3 Å². The van der Waals surface area contributed by atoms with E-state index in [1.54, 1.807) is 0 Å². The van der Waals surface area contributed by atoms with Crippen molar-refractivity contribution in [1.82, 2.24) is 4.90 Å². The van der Waals surface area contributed by atoms with Crippen molar-refractivity contribution >= 4 is 5.91 Å². The smallest absolute Gasteiger partial charge is 0.225 e. The van der Waals surface area contributed by atoms with E-state index in [2.05, 4.69) is 11.8 Å². The number of nitrogens with zero attached hydrogens (tertiary/aromatic N) is 1. The van der Waals surface area contributed by atoms with Crippen molar-refractivity contribution in [1.29, 1.82) is 0 Å². The first kappa shape index (κ1) is 11.9. The molecule has 1 saturated heterocycles. The average molecular weight is 223 g/mol. The minimum absolute atomic E-state index is 0.356. The number of carbonyl (C=O) groups is 1. The van der Waals surface area contributed by atoms with E-state index in [-0.39, 0.29) is 0 Å². The highest BCUT2D eigenvalue weighted by Crippen LogP contribution is 2.30. The van der Waals surface area contributed by atoms with Crippen LogP contribution in [-0.4, -0.2) is 23.9 Å². The van der Waals surface area contributed by atoms with Gasteiger partial charge in [0, 0.05) is 19.0 Å². The molecule has 1 heterocycles. The lowest BCUT2D eigenvalue weighted by Crippen LogP contribution is -2.38. The van der Waals surface area contributed by atoms with E-state index in [1.807, 2.05) is 0 Å². The van der Waals surface area contributed by atoms with Gasteiger partial charge >= 0.3 is 0 Å². The highest BCUT2D eigenvalue weighted by molar-refractivity contribution is 5.78. The normalized spacial score (nSPS) is 32.2. The third kappa shape index (κ3) is 2.99. The first-order chi connectivity index (χ1) is 7.77. The molecular formula is C14H25NO. The number of carbonyl (C=O) groups excluding carboxylic acids is 1. The summed E-state index contributed by atoms with van der Waals surface area (Å²) in [6.07, 6.45) is 9.84. The molecule has 2 rings (SSSR count). The van der Waals surface area contributed by atoms with Crippen LogP contribution in [0.1, 0.15) is 58.3 Å². The number of rotatable bonds is 1. The lowest BCUT2D eigenvalue weighted by atomic mass is 9.82. The number of hydrogen-bond donors (Lipinski definition) is 0. The molecule has 92 valence electrons. The standard InChI is InChI=1S/C14H25NO/c1-12-6-8-13(9-7-12)14(16)15-10-4-2-3-5-11-15/h12-13H,2-11H2,1H3. The highest BCUT2D eigenvalue weighted by atomic mass is 16.2. The van der Waals surface area contributed by atoms with Gasteiger partial charge in [0.2, 0.25) is 5.91 Å². The van der Waals surface area contributed by atoms with Gasteiger partial charge in [0.1, 0.15) is 0 Å². The molecule has 0 aromatic rings. The van der Waals surface area contributed by atoms with Gasteiger partial charge in [-0.15, -0.1) is 0 Å². The van der Waals surface area contributed by atoms with Crippen molar-refractivity contribution in [3.05, 3.63) is 0 Å². The average Bonchev–Trinajstić information content (AvgIpc) is 2.57. The Labute approximate surface area is 99.4 Å². The Morgan fingerprint density at radius 1 is 0.938 bits per heavy atom. The van der Waals surface area contributed by atoms with Gasteiger partial charge in [-0.2, -0.15) is 0 Å². The van der Waals surface area contributed by atoms with E-state index in [1.165, 1.54) is 38.5 Å². The summed E-state index contributed by atoms with van der Waals surface area (Å²) in [4.78, 5) is 14.5. The molecule has 1 aliphatic heterocycles.